The van der Waals surface area contributed by atoms with Crippen molar-refractivity contribution in [2.24, 2.45) is 0 Å². The van der Waals surface area contributed by atoms with Gasteiger partial charge in [-0.25, -0.2) is 0 Å². The van der Waals surface area contributed by atoms with Gasteiger partial charge in [0.25, 0.3) is 0 Å². The predicted molar refractivity (Wildman–Crippen MR) is 205 cm³/mol. The van der Waals surface area contributed by atoms with Crippen LogP contribution in [-0.2, 0) is 14.3 Å². The third-order valence-electron chi connectivity index (χ3n) is 9.98. The van der Waals surface area contributed by atoms with Crippen molar-refractivity contribution in [2.45, 2.75) is 217 Å². The van der Waals surface area contributed by atoms with Crippen LogP contribution in [0.25, 0.3) is 0 Å². The van der Waals surface area contributed by atoms with Gasteiger partial charge < -0.3 is 50.5 Å². The van der Waals surface area contributed by atoms with E-state index in [1.165, 1.54) is 70.6 Å². The molecule has 306 valence electrons. The van der Waals surface area contributed by atoms with Crippen LogP contribution in [0.15, 0.2) is 24.3 Å². The number of hydrogen-bond acceptors (Lipinski definition) is 10. The number of rotatable bonds is 33. The minimum Gasteiger partial charge on any atom is -0.394 e. The number of carbonyl (C=O) groups excluding carboxylic acids is 1. The van der Waals surface area contributed by atoms with Crippen LogP contribution < -0.4 is 5.32 Å². The van der Waals surface area contributed by atoms with Gasteiger partial charge in [-0.05, 0) is 64.2 Å². The topological polar surface area (TPSA) is 189 Å². The maximum Gasteiger partial charge on any atom is 0.249 e. The van der Waals surface area contributed by atoms with Gasteiger partial charge in [-0.1, -0.05) is 122 Å². The van der Waals surface area contributed by atoms with Crippen molar-refractivity contribution < 1.29 is 50.0 Å². The summed E-state index contributed by atoms with van der Waals surface area (Å²) in [4.78, 5) is 13.0. The summed E-state index contributed by atoms with van der Waals surface area (Å²) in [5, 5.41) is 75.3. The number of carbonyl (C=O) groups is 1. The monoisotopic (exact) mass is 744 g/mol. The molecule has 0 saturated carbocycles. The van der Waals surface area contributed by atoms with Crippen LogP contribution in [0, 0.1) is 0 Å². The molecule has 11 heteroatoms. The maximum atomic E-state index is 13.0. The predicted octanol–water partition coefficient (Wildman–Crippen LogP) is 5.49. The highest BCUT2D eigenvalue weighted by molar-refractivity contribution is 5.80. The molecule has 0 aromatic heterocycles. The zero-order chi connectivity index (χ0) is 38.4. The Morgan fingerprint density at radius 2 is 1.13 bits per heavy atom. The summed E-state index contributed by atoms with van der Waals surface area (Å²) < 4.78 is 11.0. The molecule has 1 fully saturated rings. The highest BCUT2D eigenvalue weighted by Crippen LogP contribution is 2.23. The van der Waals surface area contributed by atoms with E-state index in [1.54, 1.807) is 0 Å². The van der Waals surface area contributed by atoms with Gasteiger partial charge in [0.15, 0.2) is 6.29 Å². The molecule has 0 aromatic carbocycles. The second kappa shape index (κ2) is 31.9. The number of aliphatic hydroxyl groups is 7. The third-order valence-corrected chi connectivity index (χ3v) is 9.98. The molecule has 0 aromatic rings. The van der Waals surface area contributed by atoms with Crippen molar-refractivity contribution in [3.8, 4) is 0 Å². The van der Waals surface area contributed by atoms with E-state index in [0.29, 0.717) is 12.8 Å². The SMILES string of the molecule is CCCCC/C=C\CCCCCCC(O)C(=O)NC(COC1OC(CO)C(O)C(O)C1O)C(O)C(O)CCC/C=C/CCCCCCCCCCC. The molecule has 0 bridgehead atoms. The van der Waals surface area contributed by atoms with Crippen LogP contribution in [0.5, 0.6) is 0 Å². The largest absolute Gasteiger partial charge is 0.394 e. The summed E-state index contributed by atoms with van der Waals surface area (Å²) in [6.45, 7) is 3.35. The molecule has 9 atom stereocenters. The molecular weight excluding hydrogens is 666 g/mol. The Kier molecular flexibility index (Phi) is 29.8. The number of aliphatic hydroxyl groups excluding tert-OH is 7. The summed E-state index contributed by atoms with van der Waals surface area (Å²) >= 11 is 0. The van der Waals surface area contributed by atoms with E-state index >= 15 is 0 Å². The smallest absolute Gasteiger partial charge is 0.249 e. The Bertz CT molecular complexity index is 903. The normalized spacial score (nSPS) is 23.3. The number of ether oxygens (including phenoxy) is 2. The van der Waals surface area contributed by atoms with Crippen LogP contribution in [0.1, 0.15) is 162 Å². The fourth-order valence-electron chi connectivity index (χ4n) is 6.43. The van der Waals surface area contributed by atoms with Crippen LogP contribution in [0.2, 0.25) is 0 Å². The van der Waals surface area contributed by atoms with Gasteiger partial charge in [0.05, 0.1) is 25.4 Å². The molecule has 9 unspecified atom stereocenters. The molecule has 1 heterocycles. The van der Waals surface area contributed by atoms with Crippen LogP contribution in [0.3, 0.4) is 0 Å². The second-order valence-electron chi connectivity index (χ2n) is 14.7. The lowest BCUT2D eigenvalue weighted by atomic mass is 9.98. The highest BCUT2D eigenvalue weighted by Gasteiger charge is 2.44. The molecule has 1 rings (SSSR count). The lowest BCUT2D eigenvalue weighted by Crippen LogP contribution is -2.60. The quantitative estimate of drug-likeness (QED) is 0.0315. The summed E-state index contributed by atoms with van der Waals surface area (Å²) in [6, 6.07) is -1.18. The first-order valence-corrected chi connectivity index (χ1v) is 20.7. The first kappa shape index (κ1) is 48.6. The third kappa shape index (κ3) is 22.1. The van der Waals surface area contributed by atoms with Crippen molar-refractivity contribution in [2.75, 3.05) is 13.2 Å². The molecule has 52 heavy (non-hydrogen) atoms. The van der Waals surface area contributed by atoms with Crippen molar-refractivity contribution in [1.29, 1.82) is 0 Å². The molecule has 11 nitrogen and oxygen atoms in total. The average molecular weight is 744 g/mol. The lowest BCUT2D eigenvalue weighted by Gasteiger charge is -2.40. The Hall–Kier alpha value is -1.41. The summed E-state index contributed by atoms with van der Waals surface area (Å²) in [5.74, 6) is -0.719. The first-order valence-electron chi connectivity index (χ1n) is 20.7. The van der Waals surface area contributed by atoms with Gasteiger partial charge in [-0.15, -0.1) is 0 Å². The van der Waals surface area contributed by atoms with Gasteiger partial charge in [-0.2, -0.15) is 0 Å². The van der Waals surface area contributed by atoms with E-state index in [2.05, 4.69) is 43.5 Å². The van der Waals surface area contributed by atoms with Crippen molar-refractivity contribution in [3.05, 3.63) is 24.3 Å². The highest BCUT2D eigenvalue weighted by atomic mass is 16.7. The van der Waals surface area contributed by atoms with Crippen molar-refractivity contribution >= 4 is 5.91 Å². The molecule has 1 amide bonds. The molecule has 0 radical (unpaired) electrons. The standard InChI is InChI=1S/C41H77NO10/c1-3-5-7-9-11-13-15-16-17-19-20-22-24-26-28-33(44)36(46)32(31-51-41-39(49)38(48)37(47)35(30-43)52-41)42-40(50)34(45)29-27-25-23-21-18-14-12-10-8-6-4-2/h12,14,20,22,32-39,41,43-49H,3-11,13,15-19,21,23-31H2,1-2H3,(H,42,50)/b14-12-,22-20+. The van der Waals surface area contributed by atoms with Crippen LogP contribution in [0.4, 0.5) is 0 Å². The fourth-order valence-corrected chi connectivity index (χ4v) is 6.43. The number of amides is 1. The van der Waals surface area contributed by atoms with Crippen LogP contribution in [-0.4, -0.2) is 110 Å². The molecule has 8 N–H and O–H groups in total. The minimum atomic E-state index is -1.67. The fraction of sp³-hybridized carbons (Fsp3) is 0.878. The van der Waals surface area contributed by atoms with Gasteiger partial charge in [-0.3, -0.25) is 4.79 Å². The van der Waals surface area contributed by atoms with E-state index in [1.807, 2.05) is 0 Å². The Morgan fingerprint density at radius 3 is 1.69 bits per heavy atom. The zero-order valence-electron chi connectivity index (χ0n) is 32.5. The molecule has 1 aliphatic heterocycles. The Labute approximate surface area is 314 Å². The maximum absolute atomic E-state index is 13.0. The van der Waals surface area contributed by atoms with Crippen molar-refractivity contribution in [3.63, 3.8) is 0 Å². The van der Waals surface area contributed by atoms with E-state index < -0.39 is 74.2 Å². The van der Waals surface area contributed by atoms with E-state index in [4.69, 9.17) is 9.47 Å². The minimum absolute atomic E-state index is 0.239. The second-order valence-corrected chi connectivity index (χ2v) is 14.7. The Morgan fingerprint density at radius 1 is 0.654 bits per heavy atom. The number of allylic oxidation sites excluding steroid dienone is 4. The van der Waals surface area contributed by atoms with E-state index in [-0.39, 0.29) is 12.8 Å². The van der Waals surface area contributed by atoms with E-state index in [9.17, 15) is 40.5 Å². The summed E-state index contributed by atoms with van der Waals surface area (Å²) in [5.41, 5.74) is 0. The molecule has 0 spiro atoms. The molecule has 0 aliphatic carbocycles. The number of unbranched alkanes of at least 4 members (excludes halogenated alkanes) is 17. The lowest BCUT2D eigenvalue weighted by molar-refractivity contribution is -0.303. The van der Waals surface area contributed by atoms with Gasteiger partial charge in [0.2, 0.25) is 5.91 Å². The first-order chi connectivity index (χ1) is 25.2. The number of hydrogen-bond donors (Lipinski definition) is 8. The summed E-state index contributed by atoms with van der Waals surface area (Å²) in [7, 11) is 0. The van der Waals surface area contributed by atoms with E-state index in [0.717, 1.165) is 51.4 Å². The summed E-state index contributed by atoms with van der Waals surface area (Å²) in [6.07, 6.45) is 21.0. The van der Waals surface area contributed by atoms with Gasteiger partial charge in [0, 0.05) is 0 Å². The van der Waals surface area contributed by atoms with Gasteiger partial charge in [0.1, 0.15) is 36.6 Å². The van der Waals surface area contributed by atoms with Gasteiger partial charge >= 0.3 is 0 Å². The zero-order valence-corrected chi connectivity index (χ0v) is 32.5. The molecule has 1 saturated heterocycles. The Balaban J connectivity index is 2.57. The molecular formula is C41H77NO10. The van der Waals surface area contributed by atoms with Crippen molar-refractivity contribution in [1.82, 2.24) is 5.32 Å². The number of nitrogens with one attached hydrogen (secondary N) is 1. The average Bonchev–Trinajstić information content (AvgIpc) is 3.14. The molecule has 1 aliphatic rings. The van der Waals surface area contributed by atoms with Crippen LogP contribution >= 0.6 is 0 Å².